The van der Waals surface area contributed by atoms with E-state index in [0.29, 0.717) is 5.82 Å². The van der Waals surface area contributed by atoms with Crippen LogP contribution in [0.2, 0.25) is 0 Å². The first kappa shape index (κ1) is 16.5. The fourth-order valence-corrected chi connectivity index (χ4v) is 0.907. The van der Waals surface area contributed by atoms with Crippen molar-refractivity contribution in [1.29, 1.82) is 0 Å². The van der Waals surface area contributed by atoms with E-state index in [1.165, 1.54) is 12.3 Å². The molecule has 1 aromatic heterocycles. The lowest BCUT2D eigenvalue weighted by atomic mass is 10.2. The van der Waals surface area contributed by atoms with Crippen molar-refractivity contribution in [3.05, 3.63) is 22.7 Å². The van der Waals surface area contributed by atoms with Gasteiger partial charge in [0.15, 0.2) is 0 Å². The summed E-state index contributed by atoms with van der Waals surface area (Å²) >= 11 is 0. The predicted octanol–water partition coefficient (Wildman–Crippen LogP) is 0.391. The summed E-state index contributed by atoms with van der Waals surface area (Å²) in [7, 11) is 0. The molecule has 1 atom stereocenters. The minimum absolute atomic E-state index is 0.243. The number of aliphatic hydroxyl groups is 1. The van der Waals surface area contributed by atoms with Gasteiger partial charge >= 0.3 is 5.69 Å². The van der Waals surface area contributed by atoms with Crippen LogP contribution in [0.15, 0.2) is 17.1 Å². The molecule has 1 aromatic rings. The van der Waals surface area contributed by atoms with Gasteiger partial charge in [0.1, 0.15) is 18.5 Å². The maximum Gasteiger partial charge on any atom is 0.346 e. The predicted molar refractivity (Wildman–Crippen MR) is 62.4 cm³/mol. The monoisotopic (exact) mass is 265 g/mol. The van der Waals surface area contributed by atoms with Gasteiger partial charge in [0.25, 0.3) is 5.92 Å². The molecule has 0 saturated carbocycles. The van der Waals surface area contributed by atoms with E-state index >= 15 is 0 Å². The molecule has 1 saturated heterocycles. The number of aromatic amines is 1. The van der Waals surface area contributed by atoms with Crippen LogP contribution in [0.25, 0.3) is 0 Å². The molecule has 1 unspecified atom stereocenters. The number of nitrogen functional groups attached to an aromatic ring is 1. The first-order valence-electron chi connectivity index (χ1n) is 5.36. The van der Waals surface area contributed by atoms with Crippen LogP contribution in [0.5, 0.6) is 0 Å². The SMILES string of the molecule is CC.Nc1ccnc(=O)[nH]1.OC1COCC1(F)F. The highest BCUT2D eigenvalue weighted by atomic mass is 19.3. The minimum atomic E-state index is -3.01. The van der Waals surface area contributed by atoms with Gasteiger partial charge in [-0.15, -0.1) is 0 Å². The van der Waals surface area contributed by atoms with Crippen LogP contribution in [0, 0.1) is 0 Å². The molecule has 1 aliphatic rings. The average molecular weight is 265 g/mol. The van der Waals surface area contributed by atoms with Crippen molar-refractivity contribution in [3.63, 3.8) is 0 Å². The Bertz CT molecular complexity index is 398. The van der Waals surface area contributed by atoms with Gasteiger partial charge in [-0.2, -0.15) is 0 Å². The number of nitrogens with one attached hydrogen (secondary N) is 1. The molecule has 1 aliphatic heterocycles. The first-order valence-corrected chi connectivity index (χ1v) is 5.36. The van der Waals surface area contributed by atoms with E-state index in [2.05, 4.69) is 14.7 Å². The average Bonchev–Trinajstić information content (AvgIpc) is 2.60. The number of anilines is 1. The van der Waals surface area contributed by atoms with Crippen molar-refractivity contribution in [1.82, 2.24) is 9.97 Å². The van der Waals surface area contributed by atoms with E-state index in [1.807, 2.05) is 13.8 Å². The van der Waals surface area contributed by atoms with Crippen LogP contribution in [-0.4, -0.2) is 40.3 Å². The standard InChI is InChI=1S/C4H6F2O2.C4H5N3O.C2H6/c5-4(6)2-8-1-3(4)7;5-3-1-2-6-4(8)7-3;1-2/h3,7H,1-2H2;1-2H,(H3,5,6,7,8);1-2H3. The van der Waals surface area contributed by atoms with Gasteiger partial charge in [-0.25, -0.2) is 18.6 Å². The summed E-state index contributed by atoms with van der Waals surface area (Å²) in [5.74, 6) is -2.68. The second-order valence-corrected chi connectivity index (χ2v) is 3.12. The molecule has 4 N–H and O–H groups in total. The quantitative estimate of drug-likeness (QED) is 0.630. The van der Waals surface area contributed by atoms with Gasteiger partial charge in [-0.05, 0) is 6.07 Å². The summed E-state index contributed by atoms with van der Waals surface area (Å²) in [6, 6.07) is 1.52. The Morgan fingerprint density at radius 3 is 2.44 bits per heavy atom. The lowest BCUT2D eigenvalue weighted by Crippen LogP contribution is -2.30. The number of hydrogen-bond acceptors (Lipinski definition) is 5. The topological polar surface area (TPSA) is 101 Å². The van der Waals surface area contributed by atoms with Crippen LogP contribution in [0.4, 0.5) is 14.6 Å². The number of aromatic nitrogens is 2. The molecular formula is C10H17F2N3O3. The second-order valence-electron chi connectivity index (χ2n) is 3.12. The maximum atomic E-state index is 12.0. The van der Waals surface area contributed by atoms with Crippen molar-refractivity contribution in [2.24, 2.45) is 0 Å². The summed E-state index contributed by atoms with van der Waals surface area (Å²) < 4.78 is 28.2. The highest BCUT2D eigenvalue weighted by Gasteiger charge is 2.43. The van der Waals surface area contributed by atoms with Crippen molar-refractivity contribution < 1.29 is 18.6 Å². The third-order valence-corrected chi connectivity index (χ3v) is 1.75. The summed E-state index contributed by atoms with van der Waals surface area (Å²) in [4.78, 5) is 15.9. The lowest BCUT2D eigenvalue weighted by molar-refractivity contribution is -0.0759. The molecular weight excluding hydrogens is 248 g/mol. The molecule has 0 spiro atoms. The second kappa shape index (κ2) is 7.72. The molecule has 0 aromatic carbocycles. The van der Waals surface area contributed by atoms with Crippen molar-refractivity contribution in [3.8, 4) is 0 Å². The number of nitrogens with two attached hydrogens (primary N) is 1. The smallest absolute Gasteiger partial charge is 0.346 e. The Balaban J connectivity index is 0.000000283. The van der Waals surface area contributed by atoms with Gasteiger partial charge in [0, 0.05) is 6.20 Å². The van der Waals surface area contributed by atoms with Crippen LogP contribution in [0.1, 0.15) is 13.8 Å². The number of H-pyrrole nitrogens is 1. The summed E-state index contributed by atoms with van der Waals surface area (Å²) in [5, 5.41) is 8.38. The molecule has 2 heterocycles. The largest absolute Gasteiger partial charge is 0.385 e. The van der Waals surface area contributed by atoms with Gasteiger partial charge in [-0.1, -0.05) is 13.8 Å². The summed E-state index contributed by atoms with van der Waals surface area (Å²) in [6.07, 6.45) is -0.240. The number of ether oxygens (including phenoxy) is 1. The number of nitrogens with zero attached hydrogens (tertiary/aromatic N) is 1. The number of rotatable bonds is 0. The van der Waals surface area contributed by atoms with Crippen molar-refractivity contribution in [2.75, 3.05) is 18.9 Å². The van der Waals surface area contributed by atoms with Crippen LogP contribution < -0.4 is 11.4 Å². The fraction of sp³-hybridized carbons (Fsp3) is 0.600. The van der Waals surface area contributed by atoms with E-state index in [9.17, 15) is 13.6 Å². The molecule has 18 heavy (non-hydrogen) atoms. The number of hydrogen-bond donors (Lipinski definition) is 3. The Kier molecular flexibility index (Phi) is 7.06. The van der Waals surface area contributed by atoms with Crippen molar-refractivity contribution >= 4 is 5.82 Å². The Hall–Kier alpha value is -1.54. The molecule has 0 radical (unpaired) electrons. The normalized spacial score (nSPS) is 20.2. The van der Waals surface area contributed by atoms with E-state index < -0.39 is 24.3 Å². The number of alkyl halides is 2. The highest BCUT2D eigenvalue weighted by Crippen LogP contribution is 2.24. The molecule has 104 valence electrons. The van der Waals surface area contributed by atoms with E-state index in [-0.39, 0.29) is 6.61 Å². The molecule has 0 bridgehead atoms. The van der Waals surface area contributed by atoms with E-state index in [4.69, 9.17) is 10.8 Å². The summed E-state index contributed by atoms with van der Waals surface area (Å²) in [5.41, 5.74) is 4.75. The Morgan fingerprint density at radius 1 is 1.61 bits per heavy atom. The minimum Gasteiger partial charge on any atom is -0.385 e. The zero-order chi connectivity index (χ0) is 14.2. The number of aliphatic hydroxyl groups excluding tert-OH is 1. The first-order chi connectivity index (χ1) is 8.42. The zero-order valence-corrected chi connectivity index (χ0v) is 10.2. The fourth-order valence-electron chi connectivity index (χ4n) is 0.907. The Morgan fingerprint density at radius 2 is 2.22 bits per heavy atom. The molecule has 8 heteroatoms. The molecule has 0 aliphatic carbocycles. The van der Waals surface area contributed by atoms with Gasteiger partial charge in [-0.3, -0.25) is 4.98 Å². The van der Waals surface area contributed by atoms with E-state index in [0.717, 1.165) is 0 Å². The lowest BCUT2D eigenvalue weighted by Gasteiger charge is -2.08. The van der Waals surface area contributed by atoms with Crippen LogP contribution in [0.3, 0.4) is 0 Å². The third-order valence-electron chi connectivity index (χ3n) is 1.75. The van der Waals surface area contributed by atoms with Gasteiger partial charge in [0.2, 0.25) is 0 Å². The molecule has 2 rings (SSSR count). The molecule has 0 amide bonds. The van der Waals surface area contributed by atoms with Gasteiger partial charge < -0.3 is 15.6 Å². The highest BCUT2D eigenvalue weighted by molar-refractivity contribution is 5.22. The maximum absolute atomic E-state index is 12.0. The third kappa shape index (κ3) is 5.69. The van der Waals surface area contributed by atoms with Crippen molar-refractivity contribution in [2.45, 2.75) is 25.9 Å². The molecule has 1 fully saturated rings. The Labute approximate surface area is 103 Å². The number of halogens is 2. The van der Waals surface area contributed by atoms with E-state index in [1.54, 1.807) is 0 Å². The zero-order valence-electron chi connectivity index (χ0n) is 10.2. The summed E-state index contributed by atoms with van der Waals surface area (Å²) in [6.45, 7) is 3.11. The van der Waals surface area contributed by atoms with Gasteiger partial charge in [0.05, 0.1) is 6.61 Å². The van der Waals surface area contributed by atoms with Crippen LogP contribution in [-0.2, 0) is 4.74 Å². The molecule has 6 nitrogen and oxygen atoms in total. The van der Waals surface area contributed by atoms with Crippen LogP contribution >= 0.6 is 0 Å².